The summed E-state index contributed by atoms with van der Waals surface area (Å²) in [7, 11) is 0. The molecule has 136 valence electrons. The van der Waals surface area contributed by atoms with Crippen molar-refractivity contribution in [3.63, 3.8) is 0 Å². The summed E-state index contributed by atoms with van der Waals surface area (Å²) in [6, 6.07) is 15.0. The van der Waals surface area contributed by atoms with Gasteiger partial charge in [-0.25, -0.2) is 9.37 Å². The number of anilines is 2. The lowest BCUT2D eigenvalue weighted by Gasteiger charge is -2.03. The summed E-state index contributed by atoms with van der Waals surface area (Å²) in [5.74, 6) is -0.932. The second kappa shape index (κ2) is 8.86. The van der Waals surface area contributed by atoms with E-state index in [1.807, 2.05) is 30.3 Å². The van der Waals surface area contributed by atoms with E-state index in [2.05, 4.69) is 15.6 Å². The molecular weight excluding hydrogens is 365 g/mol. The van der Waals surface area contributed by atoms with Gasteiger partial charge in [-0.1, -0.05) is 30.3 Å². The quantitative estimate of drug-likeness (QED) is 0.631. The topological polar surface area (TPSA) is 71.1 Å². The number of thiazole rings is 1. The van der Waals surface area contributed by atoms with E-state index in [0.717, 1.165) is 5.56 Å². The summed E-state index contributed by atoms with van der Waals surface area (Å²) < 4.78 is 12.9. The van der Waals surface area contributed by atoms with Crippen molar-refractivity contribution in [2.75, 3.05) is 10.6 Å². The summed E-state index contributed by atoms with van der Waals surface area (Å²) >= 11 is 1.24. The summed E-state index contributed by atoms with van der Waals surface area (Å²) in [5, 5.41) is 7.46. The summed E-state index contributed by atoms with van der Waals surface area (Å²) in [6.07, 6.45) is 3.20. The van der Waals surface area contributed by atoms with Gasteiger partial charge < -0.3 is 5.32 Å². The Morgan fingerprint density at radius 3 is 2.52 bits per heavy atom. The van der Waals surface area contributed by atoms with Crippen molar-refractivity contribution < 1.29 is 14.0 Å². The minimum atomic E-state index is -0.366. The molecule has 3 aromatic rings. The zero-order valence-corrected chi connectivity index (χ0v) is 15.0. The molecule has 2 amide bonds. The van der Waals surface area contributed by atoms with Crippen LogP contribution in [0.15, 0.2) is 66.1 Å². The van der Waals surface area contributed by atoms with Gasteiger partial charge in [-0.05, 0) is 35.9 Å². The Labute approximate surface area is 159 Å². The van der Waals surface area contributed by atoms with Crippen LogP contribution in [0.25, 0.3) is 6.08 Å². The predicted octanol–water partition coefficient (Wildman–Crippen LogP) is 4.12. The second-order valence-electron chi connectivity index (χ2n) is 5.61. The molecule has 0 saturated heterocycles. The monoisotopic (exact) mass is 381 g/mol. The molecule has 0 bridgehead atoms. The van der Waals surface area contributed by atoms with Crippen LogP contribution < -0.4 is 10.6 Å². The van der Waals surface area contributed by atoms with Gasteiger partial charge in [-0.3, -0.25) is 14.9 Å². The zero-order valence-electron chi connectivity index (χ0n) is 14.2. The Balaban J connectivity index is 1.51. The maximum Gasteiger partial charge on any atom is 0.250 e. The number of hydrogen-bond acceptors (Lipinski definition) is 4. The molecular formula is C20H16FN3O2S. The van der Waals surface area contributed by atoms with Gasteiger partial charge in [0.05, 0.1) is 12.1 Å². The lowest BCUT2D eigenvalue weighted by molar-refractivity contribution is -0.115. The molecule has 3 rings (SSSR count). The lowest BCUT2D eigenvalue weighted by atomic mass is 10.2. The SMILES string of the molecule is O=C(/C=C/c1ccccc1)Nc1nc(CC(=O)Nc2ccc(F)cc2)cs1. The van der Waals surface area contributed by atoms with E-state index in [9.17, 15) is 14.0 Å². The second-order valence-corrected chi connectivity index (χ2v) is 6.47. The number of amides is 2. The highest BCUT2D eigenvalue weighted by atomic mass is 32.1. The highest BCUT2D eigenvalue weighted by Crippen LogP contribution is 2.17. The molecule has 0 atom stereocenters. The average Bonchev–Trinajstić information content (AvgIpc) is 3.09. The van der Waals surface area contributed by atoms with Gasteiger partial charge >= 0.3 is 0 Å². The van der Waals surface area contributed by atoms with Gasteiger partial charge in [0.2, 0.25) is 11.8 Å². The minimum Gasteiger partial charge on any atom is -0.326 e. The van der Waals surface area contributed by atoms with Crippen LogP contribution in [0.3, 0.4) is 0 Å². The fourth-order valence-electron chi connectivity index (χ4n) is 2.23. The number of benzene rings is 2. The fourth-order valence-corrected chi connectivity index (χ4v) is 2.94. The molecule has 0 spiro atoms. The molecule has 2 N–H and O–H groups in total. The van der Waals surface area contributed by atoms with Crippen molar-refractivity contribution in [1.29, 1.82) is 0 Å². The third kappa shape index (κ3) is 5.86. The Kier molecular flexibility index (Phi) is 6.06. The summed E-state index contributed by atoms with van der Waals surface area (Å²) in [5.41, 5.74) is 1.98. The standard InChI is InChI=1S/C20H16FN3O2S/c21-15-7-9-16(10-8-15)22-19(26)12-17-13-27-20(23-17)24-18(25)11-6-14-4-2-1-3-5-14/h1-11,13H,12H2,(H,22,26)(H,23,24,25)/b11-6+. The summed E-state index contributed by atoms with van der Waals surface area (Å²) in [4.78, 5) is 28.2. The molecule has 0 radical (unpaired) electrons. The van der Waals surface area contributed by atoms with Crippen LogP contribution in [0.2, 0.25) is 0 Å². The van der Waals surface area contributed by atoms with Crippen molar-refractivity contribution >= 4 is 40.0 Å². The summed E-state index contributed by atoms with van der Waals surface area (Å²) in [6.45, 7) is 0. The van der Waals surface area contributed by atoms with E-state index in [1.54, 1.807) is 11.5 Å². The first-order valence-electron chi connectivity index (χ1n) is 8.12. The predicted molar refractivity (Wildman–Crippen MR) is 105 cm³/mol. The number of rotatable bonds is 6. The first-order valence-corrected chi connectivity index (χ1v) is 9.00. The molecule has 0 aliphatic heterocycles. The largest absolute Gasteiger partial charge is 0.326 e. The van der Waals surface area contributed by atoms with Crippen LogP contribution in [0.5, 0.6) is 0 Å². The molecule has 0 aliphatic carbocycles. The number of carbonyl (C=O) groups excluding carboxylic acids is 2. The van der Waals surface area contributed by atoms with E-state index >= 15 is 0 Å². The van der Waals surface area contributed by atoms with Gasteiger partial charge in [0.1, 0.15) is 5.82 Å². The third-order valence-electron chi connectivity index (χ3n) is 3.48. The smallest absolute Gasteiger partial charge is 0.250 e. The van der Waals surface area contributed by atoms with E-state index < -0.39 is 0 Å². The van der Waals surface area contributed by atoms with E-state index in [1.165, 1.54) is 41.7 Å². The molecule has 0 fully saturated rings. The normalized spacial score (nSPS) is 10.7. The third-order valence-corrected chi connectivity index (χ3v) is 4.28. The van der Waals surface area contributed by atoms with Gasteiger partial charge in [0.25, 0.3) is 0 Å². The lowest BCUT2D eigenvalue weighted by Crippen LogP contribution is -2.14. The maximum atomic E-state index is 12.9. The van der Waals surface area contributed by atoms with Crippen LogP contribution in [0, 0.1) is 5.82 Å². The fraction of sp³-hybridized carbons (Fsp3) is 0.0500. The maximum absolute atomic E-state index is 12.9. The van der Waals surface area contributed by atoms with Crippen LogP contribution >= 0.6 is 11.3 Å². The molecule has 5 nitrogen and oxygen atoms in total. The van der Waals surface area contributed by atoms with Crippen LogP contribution in [0.1, 0.15) is 11.3 Å². The number of nitrogens with zero attached hydrogens (tertiary/aromatic N) is 1. The molecule has 1 heterocycles. The molecule has 2 aromatic carbocycles. The van der Waals surface area contributed by atoms with Gasteiger partial charge in [0.15, 0.2) is 5.13 Å². The first kappa shape index (κ1) is 18.5. The number of nitrogens with one attached hydrogen (secondary N) is 2. The molecule has 1 aromatic heterocycles. The Morgan fingerprint density at radius 2 is 1.78 bits per heavy atom. The van der Waals surface area contributed by atoms with Crippen LogP contribution in [-0.4, -0.2) is 16.8 Å². The Morgan fingerprint density at radius 1 is 1.04 bits per heavy atom. The molecule has 7 heteroatoms. The average molecular weight is 381 g/mol. The molecule has 0 unspecified atom stereocenters. The zero-order chi connectivity index (χ0) is 19.1. The van der Waals surface area contributed by atoms with Gasteiger partial charge in [-0.15, -0.1) is 11.3 Å². The van der Waals surface area contributed by atoms with E-state index in [-0.39, 0.29) is 24.1 Å². The highest BCUT2D eigenvalue weighted by molar-refractivity contribution is 7.14. The van der Waals surface area contributed by atoms with Crippen molar-refractivity contribution in [3.8, 4) is 0 Å². The molecule has 0 aliphatic rings. The molecule has 27 heavy (non-hydrogen) atoms. The minimum absolute atomic E-state index is 0.0591. The van der Waals surface area contributed by atoms with Crippen LogP contribution in [0.4, 0.5) is 15.2 Å². The van der Waals surface area contributed by atoms with Crippen molar-refractivity contribution in [2.45, 2.75) is 6.42 Å². The van der Waals surface area contributed by atoms with Crippen LogP contribution in [-0.2, 0) is 16.0 Å². The molecule has 0 saturated carbocycles. The number of hydrogen-bond donors (Lipinski definition) is 2. The first-order chi connectivity index (χ1) is 13.1. The number of halogens is 1. The van der Waals surface area contributed by atoms with Gasteiger partial charge in [-0.2, -0.15) is 0 Å². The Bertz CT molecular complexity index is 953. The Hall–Kier alpha value is -3.32. The van der Waals surface area contributed by atoms with Gasteiger partial charge in [0, 0.05) is 17.1 Å². The van der Waals surface area contributed by atoms with Crippen molar-refractivity contribution in [3.05, 3.63) is 83.1 Å². The van der Waals surface area contributed by atoms with E-state index in [4.69, 9.17) is 0 Å². The highest BCUT2D eigenvalue weighted by Gasteiger charge is 2.09. The number of aromatic nitrogens is 1. The number of carbonyl (C=O) groups is 2. The van der Waals surface area contributed by atoms with E-state index in [0.29, 0.717) is 16.5 Å². The van der Waals surface area contributed by atoms with Crippen molar-refractivity contribution in [1.82, 2.24) is 4.98 Å². The van der Waals surface area contributed by atoms with Crippen molar-refractivity contribution in [2.24, 2.45) is 0 Å².